The zero-order valence-corrected chi connectivity index (χ0v) is 14.2. The first-order chi connectivity index (χ1) is 10.5. The fraction of sp³-hybridized carbons (Fsp3) is 0.471. The lowest BCUT2D eigenvalue weighted by atomic mass is 10.2. The molecule has 5 heteroatoms. The summed E-state index contributed by atoms with van der Waals surface area (Å²) in [5.74, 6) is 0. The van der Waals surface area contributed by atoms with Crippen LogP contribution in [0.25, 0.3) is 0 Å². The van der Waals surface area contributed by atoms with Crippen LogP contribution < -0.4 is 0 Å². The molecular formula is C17H24ClN3O. The number of aliphatic hydroxyl groups excluding tert-OH is 1. The number of aryl methyl sites for hydroxylation is 1. The van der Waals surface area contributed by atoms with E-state index in [4.69, 9.17) is 11.6 Å². The zero-order valence-electron chi connectivity index (χ0n) is 13.5. The summed E-state index contributed by atoms with van der Waals surface area (Å²) in [7, 11) is 2.03. The van der Waals surface area contributed by atoms with Crippen molar-refractivity contribution in [2.75, 3.05) is 13.6 Å². The molecule has 120 valence electrons. The molecule has 2 rings (SSSR count). The Balaban J connectivity index is 2.07. The number of aromatic nitrogens is 2. The van der Waals surface area contributed by atoms with E-state index in [1.807, 2.05) is 43.8 Å². The molecule has 4 nitrogen and oxygen atoms in total. The van der Waals surface area contributed by atoms with Crippen LogP contribution in [-0.2, 0) is 13.1 Å². The number of halogens is 1. The minimum Gasteiger partial charge on any atom is -0.393 e. The first kappa shape index (κ1) is 17.0. The van der Waals surface area contributed by atoms with Gasteiger partial charge in [0, 0.05) is 18.7 Å². The Kier molecular flexibility index (Phi) is 6.00. The zero-order chi connectivity index (χ0) is 16.1. The van der Waals surface area contributed by atoms with E-state index >= 15 is 0 Å². The van der Waals surface area contributed by atoms with Gasteiger partial charge < -0.3 is 10.0 Å². The summed E-state index contributed by atoms with van der Waals surface area (Å²) in [6, 6.07) is 10.2. The summed E-state index contributed by atoms with van der Waals surface area (Å²) >= 11 is 6.51. The maximum absolute atomic E-state index is 9.38. The van der Waals surface area contributed by atoms with Crippen molar-refractivity contribution in [1.29, 1.82) is 0 Å². The summed E-state index contributed by atoms with van der Waals surface area (Å²) in [6.07, 6.45) is 0.477. The number of aliphatic hydroxyl groups is 1. The summed E-state index contributed by atoms with van der Waals surface area (Å²) in [6.45, 7) is 6.05. The topological polar surface area (TPSA) is 41.3 Å². The normalized spacial score (nSPS) is 12.8. The molecular weight excluding hydrogens is 298 g/mol. The van der Waals surface area contributed by atoms with Crippen molar-refractivity contribution >= 4 is 11.6 Å². The van der Waals surface area contributed by atoms with Crippen LogP contribution in [0.4, 0.5) is 0 Å². The van der Waals surface area contributed by atoms with Crippen LogP contribution in [0.1, 0.15) is 30.2 Å². The second-order valence-corrected chi connectivity index (χ2v) is 6.23. The summed E-state index contributed by atoms with van der Waals surface area (Å²) in [5.41, 5.74) is 3.21. The van der Waals surface area contributed by atoms with E-state index in [2.05, 4.69) is 22.1 Å². The van der Waals surface area contributed by atoms with Gasteiger partial charge in [-0.15, -0.1) is 0 Å². The van der Waals surface area contributed by atoms with Gasteiger partial charge in [-0.3, -0.25) is 0 Å². The quantitative estimate of drug-likeness (QED) is 0.852. The highest BCUT2D eigenvalue weighted by atomic mass is 35.5. The van der Waals surface area contributed by atoms with E-state index in [-0.39, 0.29) is 6.10 Å². The Bertz CT molecular complexity index is 595. The first-order valence-electron chi connectivity index (χ1n) is 7.59. The average Bonchev–Trinajstić information content (AvgIpc) is 2.74. The fourth-order valence-electron chi connectivity index (χ4n) is 2.39. The molecule has 1 N–H and O–H groups in total. The van der Waals surface area contributed by atoms with Gasteiger partial charge in [0.15, 0.2) is 0 Å². The fourth-order valence-corrected chi connectivity index (χ4v) is 2.68. The molecule has 1 atom stereocenters. The number of benzene rings is 1. The third kappa shape index (κ3) is 4.57. The van der Waals surface area contributed by atoms with Gasteiger partial charge in [-0.1, -0.05) is 41.9 Å². The van der Waals surface area contributed by atoms with E-state index in [1.165, 1.54) is 5.56 Å². The SMILES string of the molecule is Cc1nn(Cc2ccccc2)c(Cl)c1CN(C)CCC(C)O. The standard InChI is InChI=1S/C17H24ClN3O/c1-13(22)9-10-20(3)12-16-14(2)19-21(17(16)18)11-15-7-5-4-6-8-15/h4-8,13,22H,9-12H2,1-3H3. The minimum atomic E-state index is -0.278. The van der Waals surface area contributed by atoms with E-state index in [0.717, 1.165) is 30.8 Å². The Hall–Kier alpha value is -1.36. The van der Waals surface area contributed by atoms with Crippen LogP contribution in [-0.4, -0.2) is 39.5 Å². The molecule has 0 saturated heterocycles. The molecule has 0 bridgehead atoms. The molecule has 22 heavy (non-hydrogen) atoms. The molecule has 1 aromatic heterocycles. The Morgan fingerprint density at radius 1 is 1.32 bits per heavy atom. The van der Waals surface area contributed by atoms with Gasteiger partial charge in [-0.2, -0.15) is 5.10 Å². The van der Waals surface area contributed by atoms with Crippen molar-refractivity contribution in [3.05, 3.63) is 52.3 Å². The molecule has 0 fully saturated rings. The Morgan fingerprint density at radius 2 is 2.00 bits per heavy atom. The third-order valence-electron chi connectivity index (χ3n) is 3.71. The van der Waals surface area contributed by atoms with Crippen molar-refractivity contribution in [2.24, 2.45) is 0 Å². The monoisotopic (exact) mass is 321 g/mol. The lowest BCUT2D eigenvalue weighted by molar-refractivity contribution is 0.163. The highest BCUT2D eigenvalue weighted by molar-refractivity contribution is 6.30. The van der Waals surface area contributed by atoms with Gasteiger partial charge in [0.05, 0.1) is 18.3 Å². The molecule has 0 spiro atoms. The average molecular weight is 322 g/mol. The molecule has 0 saturated carbocycles. The number of hydrogen-bond donors (Lipinski definition) is 1. The molecule has 1 aromatic carbocycles. The summed E-state index contributed by atoms with van der Waals surface area (Å²) in [4.78, 5) is 2.16. The van der Waals surface area contributed by atoms with Crippen LogP contribution in [0.3, 0.4) is 0 Å². The highest BCUT2D eigenvalue weighted by Gasteiger charge is 2.15. The van der Waals surface area contributed by atoms with Crippen molar-refractivity contribution in [1.82, 2.24) is 14.7 Å². The molecule has 2 aromatic rings. The van der Waals surface area contributed by atoms with Crippen molar-refractivity contribution in [3.8, 4) is 0 Å². The molecule has 0 aliphatic rings. The number of nitrogens with zero attached hydrogens (tertiary/aromatic N) is 3. The molecule has 0 radical (unpaired) electrons. The maximum Gasteiger partial charge on any atom is 0.132 e. The molecule has 1 heterocycles. The summed E-state index contributed by atoms with van der Waals surface area (Å²) in [5, 5.41) is 14.6. The second kappa shape index (κ2) is 7.77. The van der Waals surface area contributed by atoms with Crippen LogP contribution in [0, 0.1) is 6.92 Å². The Labute approximate surface area is 137 Å². The second-order valence-electron chi connectivity index (χ2n) is 5.87. The largest absolute Gasteiger partial charge is 0.393 e. The molecule has 1 unspecified atom stereocenters. The smallest absolute Gasteiger partial charge is 0.132 e. The van der Waals surface area contributed by atoms with Crippen LogP contribution in [0.15, 0.2) is 30.3 Å². The van der Waals surface area contributed by atoms with Crippen molar-refractivity contribution in [3.63, 3.8) is 0 Å². The van der Waals surface area contributed by atoms with Gasteiger partial charge in [0.25, 0.3) is 0 Å². The van der Waals surface area contributed by atoms with Crippen molar-refractivity contribution in [2.45, 2.75) is 39.5 Å². The lowest BCUT2D eigenvalue weighted by Gasteiger charge is -2.17. The third-order valence-corrected chi connectivity index (χ3v) is 4.14. The number of rotatable bonds is 7. The predicted octanol–water partition coefficient (Wildman–Crippen LogP) is 3.10. The predicted molar refractivity (Wildman–Crippen MR) is 90.1 cm³/mol. The van der Waals surface area contributed by atoms with Gasteiger partial charge in [0.1, 0.15) is 5.15 Å². The van der Waals surface area contributed by atoms with E-state index in [0.29, 0.717) is 11.7 Å². The van der Waals surface area contributed by atoms with Crippen molar-refractivity contribution < 1.29 is 5.11 Å². The van der Waals surface area contributed by atoms with Crippen LogP contribution >= 0.6 is 11.6 Å². The van der Waals surface area contributed by atoms with E-state index < -0.39 is 0 Å². The van der Waals surface area contributed by atoms with Crippen LogP contribution in [0.5, 0.6) is 0 Å². The van der Waals surface area contributed by atoms with E-state index in [9.17, 15) is 5.11 Å². The lowest BCUT2D eigenvalue weighted by Crippen LogP contribution is -2.22. The highest BCUT2D eigenvalue weighted by Crippen LogP contribution is 2.22. The molecule has 0 amide bonds. The van der Waals surface area contributed by atoms with Gasteiger partial charge >= 0.3 is 0 Å². The van der Waals surface area contributed by atoms with E-state index in [1.54, 1.807) is 0 Å². The molecule has 0 aliphatic carbocycles. The van der Waals surface area contributed by atoms with Gasteiger partial charge in [-0.05, 0) is 32.9 Å². The van der Waals surface area contributed by atoms with Crippen LogP contribution in [0.2, 0.25) is 5.15 Å². The Morgan fingerprint density at radius 3 is 2.64 bits per heavy atom. The van der Waals surface area contributed by atoms with Gasteiger partial charge in [0.2, 0.25) is 0 Å². The summed E-state index contributed by atoms with van der Waals surface area (Å²) < 4.78 is 1.85. The van der Waals surface area contributed by atoms with Gasteiger partial charge in [-0.25, -0.2) is 4.68 Å². The maximum atomic E-state index is 9.38. The first-order valence-corrected chi connectivity index (χ1v) is 7.97. The number of hydrogen-bond acceptors (Lipinski definition) is 3. The molecule has 0 aliphatic heterocycles. The minimum absolute atomic E-state index is 0.278.